The van der Waals surface area contributed by atoms with Crippen molar-refractivity contribution in [3.05, 3.63) is 217 Å². The van der Waals surface area contributed by atoms with Crippen molar-refractivity contribution in [3.63, 3.8) is 0 Å². The molecule has 1 aliphatic rings. The fraction of sp³-hybridized carbons (Fsp3) is 0.0476. The summed E-state index contributed by atoms with van der Waals surface area (Å²) in [4.78, 5) is 4.62. The SMILES string of the molecule is CC1(C)c2cc3oc4cc(N(c5ccccc5)c5cccc6c5oc5ccccc56)ccc4c3cc2-c2c1cc(N(c1ccccc1)c1cccc3c1oc1ccccc13)c1c2oc2ccccc21. The van der Waals surface area contributed by atoms with Gasteiger partial charge < -0.3 is 27.5 Å². The van der Waals surface area contributed by atoms with E-state index < -0.39 is 5.41 Å². The van der Waals surface area contributed by atoms with Gasteiger partial charge in [-0.15, -0.1) is 0 Å². The van der Waals surface area contributed by atoms with Gasteiger partial charge in [0, 0.05) is 66.1 Å². The molecule has 15 rings (SSSR count). The number of hydrogen-bond acceptors (Lipinski definition) is 6. The third-order valence-corrected chi connectivity index (χ3v) is 14.6. The minimum absolute atomic E-state index is 0.423. The highest BCUT2D eigenvalue weighted by Gasteiger charge is 2.41. The lowest BCUT2D eigenvalue weighted by Gasteiger charge is -2.29. The van der Waals surface area contributed by atoms with E-state index in [0.29, 0.717) is 0 Å². The number of hydrogen-bond donors (Lipinski definition) is 0. The molecule has 0 radical (unpaired) electrons. The van der Waals surface area contributed by atoms with Crippen molar-refractivity contribution < 1.29 is 17.7 Å². The van der Waals surface area contributed by atoms with E-state index in [1.807, 2.05) is 30.3 Å². The number of rotatable bonds is 6. The van der Waals surface area contributed by atoms with Crippen LogP contribution in [0.3, 0.4) is 0 Å². The molecule has 0 aliphatic heterocycles. The van der Waals surface area contributed by atoms with Crippen LogP contribution < -0.4 is 9.80 Å². The van der Waals surface area contributed by atoms with Gasteiger partial charge in [-0.05, 0) is 102 Å². The Morgan fingerprint density at radius 1 is 0.319 bits per heavy atom. The van der Waals surface area contributed by atoms with Crippen LogP contribution in [0, 0.1) is 0 Å². The second-order valence-corrected chi connectivity index (χ2v) is 18.8. The molecule has 10 aromatic carbocycles. The summed E-state index contributed by atoms with van der Waals surface area (Å²) in [6.45, 7) is 4.65. The monoisotopic (exact) mass is 888 g/mol. The first-order valence-electron chi connectivity index (χ1n) is 23.5. The summed E-state index contributed by atoms with van der Waals surface area (Å²) in [6.07, 6.45) is 0. The van der Waals surface area contributed by atoms with Gasteiger partial charge in [-0.25, -0.2) is 0 Å². The van der Waals surface area contributed by atoms with Gasteiger partial charge in [0.15, 0.2) is 11.2 Å². The Bertz CT molecular complexity index is 4420. The lowest BCUT2D eigenvalue weighted by Crippen LogP contribution is -2.17. The summed E-state index contributed by atoms with van der Waals surface area (Å²) in [5, 5.41) is 8.54. The van der Waals surface area contributed by atoms with E-state index in [4.69, 9.17) is 17.7 Å². The summed E-state index contributed by atoms with van der Waals surface area (Å²) < 4.78 is 27.4. The van der Waals surface area contributed by atoms with Crippen molar-refractivity contribution >= 4 is 122 Å². The van der Waals surface area contributed by atoms with Gasteiger partial charge in [-0.2, -0.15) is 0 Å². The molecule has 0 amide bonds. The van der Waals surface area contributed by atoms with Crippen LogP contribution >= 0.6 is 0 Å². The van der Waals surface area contributed by atoms with E-state index in [1.54, 1.807) is 0 Å². The zero-order chi connectivity index (χ0) is 45.5. The highest BCUT2D eigenvalue weighted by Crippen LogP contribution is 2.58. The molecule has 0 saturated carbocycles. The van der Waals surface area contributed by atoms with Gasteiger partial charge >= 0.3 is 0 Å². The van der Waals surface area contributed by atoms with Crippen LogP contribution in [0.25, 0.3) is 98.9 Å². The molecule has 4 aromatic heterocycles. The highest BCUT2D eigenvalue weighted by molar-refractivity contribution is 6.21. The van der Waals surface area contributed by atoms with Crippen molar-refractivity contribution in [2.24, 2.45) is 0 Å². The zero-order valence-electron chi connectivity index (χ0n) is 37.7. The maximum atomic E-state index is 7.11. The van der Waals surface area contributed by atoms with Crippen LogP contribution in [-0.4, -0.2) is 0 Å². The number of nitrogens with zero attached hydrogens (tertiary/aromatic N) is 2. The van der Waals surface area contributed by atoms with E-state index in [-0.39, 0.29) is 0 Å². The first-order chi connectivity index (χ1) is 34.0. The fourth-order valence-corrected chi connectivity index (χ4v) is 11.4. The van der Waals surface area contributed by atoms with Crippen LogP contribution in [0.1, 0.15) is 25.0 Å². The van der Waals surface area contributed by atoms with E-state index in [2.05, 4.69) is 200 Å². The molecule has 0 fully saturated rings. The summed E-state index contributed by atoms with van der Waals surface area (Å²) in [6, 6.07) is 72.4. The largest absolute Gasteiger partial charge is 0.456 e. The molecule has 0 N–H and O–H groups in total. The Hall–Kier alpha value is -9.00. The van der Waals surface area contributed by atoms with Gasteiger partial charge in [0.2, 0.25) is 0 Å². The van der Waals surface area contributed by atoms with Crippen LogP contribution in [0.4, 0.5) is 34.1 Å². The van der Waals surface area contributed by atoms with Crippen molar-refractivity contribution in [2.45, 2.75) is 19.3 Å². The topological polar surface area (TPSA) is 59.0 Å². The lowest BCUT2D eigenvalue weighted by molar-refractivity contribution is 0.645. The molecular formula is C63H40N2O4. The molecule has 6 heteroatoms. The Morgan fingerprint density at radius 3 is 1.48 bits per heavy atom. The number of anilines is 6. The number of benzene rings is 10. The molecule has 0 spiro atoms. The average Bonchev–Trinajstić information content (AvgIpc) is 4.20. The Balaban J connectivity index is 0.944. The van der Waals surface area contributed by atoms with Crippen molar-refractivity contribution in [1.82, 2.24) is 0 Å². The number of furan rings is 4. The molecular weight excluding hydrogens is 849 g/mol. The van der Waals surface area contributed by atoms with E-state index in [0.717, 1.165) is 133 Å². The summed E-state index contributed by atoms with van der Waals surface area (Å²) >= 11 is 0. The number of para-hydroxylation sites is 7. The second-order valence-electron chi connectivity index (χ2n) is 18.8. The predicted molar refractivity (Wildman–Crippen MR) is 282 cm³/mol. The maximum Gasteiger partial charge on any atom is 0.159 e. The number of fused-ring (bicyclic) bond motifs is 16. The van der Waals surface area contributed by atoms with Gasteiger partial charge in [0.1, 0.15) is 33.5 Å². The van der Waals surface area contributed by atoms with E-state index in [9.17, 15) is 0 Å². The van der Waals surface area contributed by atoms with E-state index >= 15 is 0 Å². The molecule has 4 heterocycles. The standard InChI is InChI=1S/C63H40N2O4/c1-63(2)48-36-57-46(42-32-31-39(33-56(42)66-57)64(37-17-5-3-6-18-37)50-26-15-24-43-40-21-9-12-28-53(40)67-60(43)50)34-47(48)58-49(63)35-52(59-45-23-11-14-30-55(45)69-62(58)59)65(38-19-7-4-8-20-38)51-27-16-25-44-41-22-10-13-29-54(41)68-61(44)51/h3-36H,1-2H3. The Kier molecular flexibility index (Phi) is 7.75. The molecule has 14 aromatic rings. The Labute approximate surface area is 395 Å². The van der Waals surface area contributed by atoms with Crippen LogP contribution in [-0.2, 0) is 5.41 Å². The maximum absolute atomic E-state index is 7.11. The van der Waals surface area contributed by atoms with Crippen molar-refractivity contribution in [2.75, 3.05) is 9.80 Å². The zero-order valence-corrected chi connectivity index (χ0v) is 37.7. The third kappa shape index (κ3) is 5.37. The highest BCUT2D eigenvalue weighted by atomic mass is 16.3. The van der Waals surface area contributed by atoms with Gasteiger partial charge in [-0.1, -0.05) is 129 Å². The summed E-state index contributed by atoms with van der Waals surface area (Å²) in [5.74, 6) is 0. The van der Waals surface area contributed by atoms with Crippen LogP contribution in [0.2, 0.25) is 0 Å². The molecule has 69 heavy (non-hydrogen) atoms. The Morgan fingerprint density at radius 2 is 0.826 bits per heavy atom. The van der Waals surface area contributed by atoms with Gasteiger partial charge in [0.25, 0.3) is 0 Å². The van der Waals surface area contributed by atoms with Crippen molar-refractivity contribution in [1.29, 1.82) is 0 Å². The first-order valence-corrected chi connectivity index (χ1v) is 23.5. The molecule has 0 unspecified atom stereocenters. The lowest BCUT2D eigenvalue weighted by atomic mass is 9.81. The first kappa shape index (κ1) is 38.1. The minimum atomic E-state index is -0.423. The van der Waals surface area contributed by atoms with E-state index in [1.165, 1.54) is 11.1 Å². The second kappa shape index (κ2) is 14.0. The quantitative estimate of drug-likeness (QED) is 0.166. The molecule has 1 aliphatic carbocycles. The molecule has 0 bridgehead atoms. The smallest absolute Gasteiger partial charge is 0.159 e. The van der Waals surface area contributed by atoms with Gasteiger partial charge in [-0.3, -0.25) is 0 Å². The van der Waals surface area contributed by atoms with Crippen LogP contribution in [0.5, 0.6) is 0 Å². The van der Waals surface area contributed by atoms with Gasteiger partial charge in [0.05, 0.1) is 28.1 Å². The molecule has 0 saturated heterocycles. The van der Waals surface area contributed by atoms with Crippen LogP contribution in [0.15, 0.2) is 224 Å². The summed E-state index contributed by atoms with van der Waals surface area (Å²) in [7, 11) is 0. The van der Waals surface area contributed by atoms with Crippen molar-refractivity contribution in [3.8, 4) is 11.1 Å². The minimum Gasteiger partial charge on any atom is -0.456 e. The summed E-state index contributed by atoms with van der Waals surface area (Å²) in [5.41, 5.74) is 16.9. The normalized spacial score (nSPS) is 13.2. The molecule has 0 atom stereocenters. The average molecular weight is 889 g/mol. The molecule has 326 valence electrons. The molecule has 6 nitrogen and oxygen atoms in total. The predicted octanol–water partition coefficient (Wildman–Crippen LogP) is 18.5. The fourth-order valence-electron chi connectivity index (χ4n) is 11.4. The third-order valence-electron chi connectivity index (χ3n) is 14.6.